The van der Waals surface area contributed by atoms with Crippen LogP contribution in [0.1, 0.15) is 46.4 Å². The third kappa shape index (κ3) is 3.76. The van der Waals surface area contributed by atoms with Crippen LogP contribution in [0.25, 0.3) is 0 Å². The minimum absolute atomic E-state index is 0.235. The van der Waals surface area contributed by atoms with Crippen LogP contribution >= 0.6 is 11.7 Å². The van der Waals surface area contributed by atoms with Gasteiger partial charge >= 0.3 is 0 Å². The maximum atomic E-state index is 5.69. The molecule has 0 aliphatic heterocycles. The van der Waals surface area contributed by atoms with Gasteiger partial charge in [0.2, 0.25) is 0 Å². The van der Waals surface area contributed by atoms with E-state index in [-0.39, 0.29) is 6.04 Å². The van der Waals surface area contributed by atoms with E-state index < -0.39 is 0 Å². The minimum atomic E-state index is 0.235. The van der Waals surface area contributed by atoms with Crippen molar-refractivity contribution in [3.05, 3.63) is 5.69 Å². The molecule has 0 bridgehead atoms. The first kappa shape index (κ1) is 14.3. The molecule has 1 aromatic rings. The average Bonchev–Trinajstić information content (AvgIpc) is 2.65. The van der Waals surface area contributed by atoms with E-state index in [9.17, 15) is 0 Å². The van der Waals surface area contributed by atoms with Crippen LogP contribution in [-0.4, -0.2) is 26.7 Å². The van der Waals surface area contributed by atoms with Crippen LogP contribution in [0.3, 0.4) is 0 Å². The number of aromatic nitrogens is 2. The van der Waals surface area contributed by atoms with Crippen LogP contribution < -0.4 is 5.73 Å². The second-order valence-electron chi connectivity index (χ2n) is 3.47. The van der Waals surface area contributed by atoms with Crippen molar-refractivity contribution in [1.82, 2.24) is 13.6 Å². The summed E-state index contributed by atoms with van der Waals surface area (Å²) >= 11 is 1.17. The highest BCUT2D eigenvalue weighted by atomic mass is 32.1. The molecule has 2 N–H and O–H groups in total. The third-order valence-electron chi connectivity index (χ3n) is 2.36. The fraction of sp³-hybridized carbons (Fsp3) is 0.800. The number of nitrogen functional groups attached to an aromatic ring is 1. The molecule has 1 aromatic heterocycles. The van der Waals surface area contributed by atoms with E-state index in [1.54, 1.807) is 0 Å². The highest BCUT2D eigenvalue weighted by Crippen LogP contribution is 2.23. The molecule has 0 saturated heterocycles. The Kier molecular flexibility index (Phi) is 6.43. The van der Waals surface area contributed by atoms with Crippen molar-refractivity contribution in [2.45, 2.75) is 46.7 Å². The van der Waals surface area contributed by atoms with Crippen LogP contribution in [0.15, 0.2) is 0 Å². The predicted octanol–water partition coefficient (Wildman–Crippen LogP) is 2.55. The standard InChI is InChI=1S/C8H16N4S.C2H6/c1-5(2)12(4)6(3)7-8(9)11-13-10-7;1-2/h5-6H,1-4H3,(H2,9,11);1-2H3. The summed E-state index contributed by atoms with van der Waals surface area (Å²) < 4.78 is 8.14. The Morgan fingerprint density at radius 2 is 1.73 bits per heavy atom. The van der Waals surface area contributed by atoms with Gasteiger partial charge in [-0.2, -0.15) is 8.75 Å². The molecule has 0 aliphatic rings. The van der Waals surface area contributed by atoms with Gasteiger partial charge in [-0.3, -0.25) is 4.90 Å². The summed E-state index contributed by atoms with van der Waals surface area (Å²) in [6, 6.07) is 0.717. The smallest absolute Gasteiger partial charge is 0.162 e. The van der Waals surface area contributed by atoms with Gasteiger partial charge in [0.05, 0.1) is 17.8 Å². The van der Waals surface area contributed by atoms with Gasteiger partial charge in [0.1, 0.15) is 5.69 Å². The Morgan fingerprint density at radius 3 is 2.07 bits per heavy atom. The first-order chi connectivity index (χ1) is 7.04. The second kappa shape index (κ2) is 6.74. The fourth-order valence-electron chi connectivity index (χ4n) is 1.13. The van der Waals surface area contributed by atoms with Crippen molar-refractivity contribution < 1.29 is 0 Å². The highest BCUT2D eigenvalue weighted by Gasteiger charge is 2.19. The van der Waals surface area contributed by atoms with E-state index in [1.165, 1.54) is 11.7 Å². The van der Waals surface area contributed by atoms with Crippen LogP contribution in [0.2, 0.25) is 0 Å². The van der Waals surface area contributed by atoms with Gasteiger partial charge in [0.15, 0.2) is 5.82 Å². The van der Waals surface area contributed by atoms with Crippen LogP contribution in [0.4, 0.5) is 5.82 Å². The lowest BCUT2D eigenvalue weighted by molar-refractivity contribution is 0.208. The van der Waals surface area contributed by atoms with Gasteiger partial charge in [0, 0.05) is 6.04 Å². The van der Waals surface area contributed by atoms with Crippen molar-refractivity contribution >= 4 is 17.5 Å². The summed E-state index contributed by atoms with van der Waals surface area (Å²) in [4.78, 5) is 2.22. The summed E-state index contributed by atoms with van der Waals surface area (Å²) in [5, 5.41) is 0. The zero-order chi connectivity index (χ0) is 12.0. The van der Waals surface area contributed by atoms with E-state index >= 15 is 0 Å². The van der Waals surface area contributed by atoms with Crippen molar-refractivity contribution in [3.8, 4) is 0 Å². The molecule has 15 heavy (non-hydrogen) atoms. The van der Waals surface area contributed by atoms with E-state index in [0.29, 0.717) is 11.9 Å². The van der Waals surface area contributed by atoms with Gasteiger partial charge in [-0.05, 0) is 27.8 Å². The number of rotatable bonds is 3. The Balaban J connectivity index is 0.000000921. The van der Waals surface area contributed by atoms with Gasteiger partial charge in [-0.15, -0.1) is 0 Å². The number of nitrogens with zero attached hydrogens (tertiary/aromatic N) is 3. The Hall–Kier alpha value is -0.680. The molecule has 4 nitrogen and oxygen atoms in total. The number of hydrogen-bond donors (Lipinski definition) is 1. The predicted molar refractivity (Wildman–Crippen MR) is 67.0 cm³/mol. The summed E-state index contributed by atoms with van der Waals surface area (Å²) in [6.07, 6.45) is 0. The Labute approximate surface area is 96.8 Å². The number of anilines is 1. The van der Waals surface area contributed by atoms with Crippen LogP contribution in [0, 0.1) is 0 Å². The van der Waals surface area contributed by atoms with Gasteiger partial charge in [-0.1, -0.05) is 13.8 Å². The maximum Gasteiger partial charge on any atom is 0.162 e. The van der Waals surface area contributed by atoms with Gasteiger partial charge in [-0.25, -0.2) is 0 Å². The molecule has 0 spiro atoms. The largest absolute Gasteiger partial charge is 0.381 e. The van der Waals surface area contributed by atoms with Crippen molar-refractivity contribution in [2.75, 3.05) is 12.8 Å². The molecule has 1 atom stereocenters. The van der Waals surface area contributed by atoms with Crippen molar-refractivity contribution in [1.29, 1.82) is 0 Å². The highest BCUT2D eigenvalue weighted by molar-refractivity contribution is 6.99. The molecule has 0 saturated carbocycles. The minimum Gasteiger partial charge on any atom is -0.381 e. The summed E-state index contributed by atoms with van der Waals surface area (Å²) in [5.41, 5.74) is 6.58. The lowest BCUT2D eigenvalue weighted by Gasteiger charge is -2.27. The molecule has 88 valence electrons. The molecule has 0 radical (unpaired) electrons. The summed E-state index contributed by atoms with van der Waals surface area (Å²) in [7, 11) is 2.06. The topological polar surface area (TPSA) is 55.0 Å². The normalized spacial score (nSPS) is 12.5. The molecule has 1 heterocycles. The van der Waals surface area contributed by atoms with E-state index in [0.717, 1.165) is 5.69 Å². The van der Waals surface area contributed by atoms with Crippen LogP contribution in [0.5, 0.6) is 0 Å². The molecule has 1 unspecified atom stereocenters. The van der Waals surface area contributed by atoms with Gasteiger partial charge in [0.25, 0.3) is 0 Å². The lowest BCUT2D eigenvalue weighted by atomic mass is 10.2. The Morgan fingerprint density at radius 1 is 1.20 bits per heavy atom. The monoisotopic (exact) mass is 230 g/mol. The second-order valence-corrected chi connectivity index (χ2v) is 4.00. The molecular weight excluding hydrogens is 208 g/mol. The molecular formula is C10H22N4S. The van der Waals surface area contributed by atoms with Crippen molar-refractivity contribution in [3.63, 3.8) is 0 Å². The quantitative estimate of drug-likeness (QED) is 0.867. The first-order valence-corrected chi connectivity index (χ1v) is 6.07. The Bertz CT molecular complexity index is 272. The van der Waals surface area contributed by atoms with Crippen molar-refractivity contribution in [2.24, 2.45) is 0 Å². The van der Waals surface area contributed by atoms with Gasteiger partial charge < -0.3 is 5.73 Å². The zero-order valence-electron chi connectivity index (χ0n) is 10.5. The number of hydrogen-bond acceptors (Lipinski definition) is 5. The third-order valence-corrected chi connectivity index (χ3v) is 2.92. The number of nitrogens with two attached hydrogens (primary N) is 1. The average molecular weight is 230 g/mol. The van der Waals surface area contributed by atoms with E-state index in [4.69, 9.17) is 5.73 Å². The molecule has 5 heteroatoms. The maximum absolute atomic E-state index is 5.69. The fourth-order valence-corrected chi connectivity index (χ4v) is 1.69. The van der Waals surface area contributed by atoms with E-state index in [1.807, 2.05) is 13.8 Å². The van der Waals surface area contributed by atoms with E-state index in [2.05, 4.69) is 41.5 Å². The molecule has 0 aliphatic carbocycles. The molecule has 0 amide bonds. The lowest BCUT2D eigenvalue weighted by Crippen LogP contribution is -2.29. The molecule has 0 aromatic carbocycles. The summed E-state index contributed by atoms with van der Waals surface area (Å²) in [6.45, 7) is 10.4. The zero-order valence-corrected chi connectivity index (χ0v) is 11.3. The SMILES string of the molecule is CC.CC(C)N(C)C(C)c1nsnc1N. The van der Waals surface area contributed by atoms with Crippen LogP contribution in [-0.2, 0) is 0 Å². The molecule has 1 rings (SSSR count). The first-order valence-electron chi connectivity index (χ1n) is 5.34. The molecule has 0 fully saturated rings. The summed E-state index contributed by atoms with van der Waals surface area (Å²) in [5.74, 6) is 0.560.